The van der Waals surface area contributed by atoms with Gasteiger partial charge < -0.3 is 0 Å². The second-order valence-electron chi connectivity index (χ2n) is 5.74. The van der Waals surface area contributed by atoms with E-state index in [1.807, 2.05) is 38.1 Å². The van der Waals surface area contributed by atoms with Crippen LogP contribution in [-0.4, -0.2) is 21.8 Å². The zero-order chi connectivity index (χ0) is 15.5. The zero-order valence-corrected chi connectivity index (χ0v) is 12.9. The van der Waals surface area contributed by atoms with Crippen LogP contribution in [0.2, 0.25) is 0 Å². The van der Waals surface area contributed by atoms with Gasteiger partial charge in [0.25, 0.3) is 5.91 Å². The summed E-state index contributed by atoms with van der Waals surface area (Å²) in [7, 11) is 0. The molecule has 1 aliphatic rings. The van der Waals surface area contributed by atoms with Crippen molar-refractivity contribution in [2.24, 2.45) is 5.10 Å². The van der Waals surface area contributed by atoms with Gasteiger partial charge in [0.05, 0.1) is 5.71 Å². The lowest BCUT2D eigenvalue weighted by Gasteiger charge is -2.10. The van der Waals surface area contributed by atoms with Gasteiger partial charge in [-0.2, -0.15) is 10.2 Å². The number of hydrogen-bond acceptors (Lipinski definition) is 3. The van der Waals surface area contributed by atoms with E-state index in [2.05, 4.69) is 20.7 Å². The first-order valence-electron chi connectivity index (χ1n) is 7.63. The lowest BCUT2D eigenvalue weighted by atomic mass is 9.96. The van der Waals surface area contributed by atoms with Crippen LogP contribution in [0.3, 0.4) is 0 Å². The minimum atomic E-state index is -0.245. The predicted molar refractivity (Wildman–Crippen MR) is 86.1 cm³/mol. The number of hydrogen-bond donors (Lipinski definition) is 2. The smallest absolute Gasteiger partial charge is 0.281 e. The summed E-state index contributed by atoms with van der Waals surface area (Å²) in [6.45, 7) is 3.92. The summed E-state index contributed by atoms with van der Waals surface area (Å²) in [6.07, 6.45) is 4.15. The first-order valence-corrected chi connectivity index (χ1v) is 7.63. The van der Waals surface area contributed by atoms with E-state index in [1.54, 1.807) is 0 Å². The van der Waals surface area contributed by atoms with Crippen LogP contribution >= 0.6 is 0 Å². The Bertz CT molecular complexity index is 713. The largest absolute Gasteiger partial charge is 0.292 e. The first-order chi connectivity index (χ1) is 10.6. The summed E-state index contributed by atoms with van der Waals surface area (Å²) >= 11 is 0. The topological polar surface area (TPSA) is 70.1 Å². The molecule has 0 unspecified atom stereocenters. The summed E-state index contributed by atoms with van der Waals surface area (Å²) in [4.78, 5) is 12.3. The van der Waals surface area contributed by atoms with E-state index >= 15 is 0 Å². The van der Waals surface area contributed by atoms with Crippen LogP contribution in [0.4, 0.5) is 0 Å². The van der Waals surface area contributed by atoms with Crippen molar-refractivity contribution < 1.29 is 4.79 Å². The van der Waals surface area contributed by atoms with E-state index < -0.39 is 0 Å². The molecule has 0 bridgehead atoms. The van der Waals surface area contributed by atoms with Crippen molar-refractivity contribution in [3.63, 3.8) is 0 Å². The summed E-state index contributed by atoms with van der Waals surface area (Å²) in [5.41, 5.74) is 8.21. The molecular weight excluding hydrogens is 276 g/mol. The first kappa shape index (κ1) is 14.5. The van der Waals surface area contributed by atoms with E-state index in [9.17, 15) is 4.79 Å². The van der Waals surface area contributed by atoms with Crippen LogP contribution < -0.4 is 5.43 Å². The number of aromatic nitrogens is 2. The number of amides is 1. The van der Waals surface area contributed by atoms with Gasteiger partial charge in [0.1, 0.15) is 0 Å². The van der Waals surface area contributed by atoms with E-state index in [0.29, 0.717) is 5.69 Å². The molecule has 1 heterocycles. The molecule has 2 N–H and O–H groups in total. The number of fused-ring (bicyclic) bond motifs is 1. The van der Waals surface area contributed by atoms with Crippen molar-refractivity contribution in [1.82, 2.24) is 15.6 Å². The highest BCUT2D eigenvalue weighted by Crippen LogP contribution is 2.21. The molecule has 114 valence electrons. The Morgan fingerprint density at radius 3 is 2.73 bits per heavy atom. The van der Waals surface area contributed by atoms with Gasteiger partial charge in [-0.25, -0.2) is 5.43 Å². The fourth-order valence-electron chi connectivity index (χ4n) is 2.72. The average Bonchev–Trinajstić information content (AvgIpc) is 2.97. The highest BCUT2D eigenvalue weighted by Gasteiger charge is 2.21. The summed E-state index contributed by atoms with van der Waals surface area (Å²) in [6, 6.07) is 8.05. The van der Waals surface area contributed by atoms with Crippen molar-refractivity contribution in [3.05, 3.63) is 52.3 Å². The molecular formula is C17H20N4O. The summed E-state index contributed by atoms with van der Waals surface area (Å²) < 4.78 is 0. The zero-order valence-electron chi connectivity index (χ0n) is 12.9. The normalized spacial score (nSPS) is 14.5. The van der Waals surface area contributed by atoms with Crippen LogP contribution in [-0.2, 0) is 12.8 Å². The molecule has 2 aromatic rings. The molecule has 0 spiro atoms. The summed E-state index contributed by atoms with van der Waals surface area (Å²) in [5.74, 6) is -0.245. The SMILES string of the molecule is C/C(=N\NC(=O)c1n[nH]c2c1CCCC2)c1ccc(C)cc1. The van der Waals surface area contributed by atoms with Crippen LogP contribution in [0.15, 0.2) is 29.4 Å². The van der Waals surface area contributed by atoms with Gasteiger partial charge >= 0.3 is 0 Å². The second kappa shape index (κ2) is 6.13. The van der Waals surface area contributed by atoms with Gasteiger partial charge in [0, 0.05) is 11.3 Å². The molecule has 1 aromatic carbocycles. The molecule has 22 heavy (non-hydrogen) atoms. The lowest BCUT2D eigenvalue weighted by molar-refractivity contribution is 0.0949. The number of rotatable bonds is 3. The number of nitrogens with zero attached hydrogens (tertiary/aromatic N) is 2. The number of aryl methyl sites for hydroxylation is 2. The molecule has 0 aliphatic heterocycles. The van der Waals surface area contributed by atoms with Gasteiger partial charge in [0.2, 0.25) is 0 Å². The number of benzene rings is 1. The Labute approximate surface area is 129 Å². The number of carbonyl (C=O) groups is 1. The molecule has 0 fully saturated rings. The molecule has 0 atom stereocenters. The maximum Gasteiger partial charge on any atom is 0.292 e. The molecule has 1 amide bonds. The molecule has 1 aliphatic carbocycles. The van der Waals surface area contributed by atoms with Gasteiger partial charge in [0.15, 0.2) is 5.69 Å². The van der Waals surface area contributed by atoms with Gasteiger partial charge in [-0.3, -0.25) is 9.89 Å². The van der Waals surface area contributed by atoms with E-state index in [4.69, 9.17) is 0 Å². The highest BCUT2D eigenvalue weighted by atomic mass is 16.2. The van der Waals surface area contributed by atoms with Crippen LogP contribution in [0.1, 0.15) is 52.6 Å². The second-order valence-corrected chi connectivity index (χ2v) is 5.74. The fourth-order valence-corrected chi connectivity index (χ4v) is 2.72. The van der Waals surface area contributed by atoms with Crippen LogP contribution in [0.25, 0.3) is 0 Å². The molecule has 0 radical (unpaired) electrons. The van der Waals surface area contributed by atoms with Gasteiger partial charge in [-0.1, -0.05) is 29.8 Å². The highest BCUT2D eigenvalue weighted by molar-refractivity contribution is 6.00. The molecule has 0 saturated heterocycles. The standard InChI is InChI=1S/C17H20N4O/c1-11-7-9-13(10-8-11)12(2)18-21-17(22)16-14-5-3-4-6-15(14)19-20-16/h7-10H,3-6H2,1-2H3,(H,19,20)(H,21,22)/b18-12+. The molecule has 5 nitrogen and oxygen atoms in total. The fraction of sp³-hybridized carbons (Fsp3) is 0.353. The van der Waals surface area contributed by atoms with Crippen molar-refractivity contribution in [2.75, 3.05) is 0 Å². The van der Waals surface area contributed by atoms with Crippen molar-refractivity contribution in [2.45, 2.75) is 39.5 Å². The molecule has 3 rings (SSSR count). The molecule has 0 saturated carbocycles. The Morgan fingerprint density at radius 2 is 1.95 bits per heavy atom. The minimum Gasteiger partial charge on any atom is -0.281 e. The number of carbonyl (C=O) groups excluding carboxylic acids is 1. The van der Waals surface area contributed by atoms with Gasteiger partial charge in [-0.05, 0) is 45.1 Å². The summed E-state index contributed by atoms with van der Waals surface area (Å²) in [5, 5.41) is 11.3. The molecule has 1 aromatic heterocycles. The third-order valence-corrected chi connectivity index (χ3v) is 4.07. The number of aromatic amines is 1. The van der Waals surface area contributed by atoms with Crippen molar-refractivity contribution in [3.8, 4) is 0 Å². The Morgan fingerprint density at radius 1 is 1.23 bits per heavy atom. The van der Waals surface area contributed by atoms with Gasteiger partial charge in [-0.15, -0.1) is 0 Å². The quantitative estimate of drug-likeness (QED) is 0.675. The number of nitrogens with one attached hydrogen (secondary N) is 2. The predicted octanol–water partition coefficient (Wildman–Crippen LogP) is 2.75. The average molecular weight is 296 g/mol. The third kappa shape index (κ3) is 2.93. The van der Waals surface area contributed by atoms with Crippen molar-refractivity contribution >= 4 is 11.6 Å². The van der Waals surface area contributed by atoms with Crippen LogP contribution in [0.5, 0.6) is 0 Å². The van der Waals surface area contributed by atoms with Crippen LogP contribution in [0, 0.1) is 6.92 Å². The Hall–Kier alpha value is -2.43. The van der Waals surface area contributed by atoms with E-state index in [-0.39, 0.29) is 5.91 Å². The van der Waals surface area contributed by atoms with E-state index in [1.165, 1.54) is 5.56 Å². The maximum absolute atomic E-state index is 12.3. The maximum atomic E-state index is 12.3. The van der Waals surface area contributed by atoms with Crippen molar-refractivity contribution in [1.29, 1.82) is 0 Å². The monoisotopic (exact) mass is 296 g/mol. The minimum absolute atomic E-state index is 0.245. The molecule has 5 heteroatoms. The third-order valence-electron chi connectivity index (χ3n) is 4.07. The lowest BCUT2D eigenvalue weighted by Crippen LogP contribution is -2.21. The number of hydrazone groups is 1. The Kier molecular flexibility index (Phi) is 4.04. The Balaban J connectivity index is 1.73. The number of H-pyrrole nitrogens is 1. The van der Waals surface area contributed by atoms with E-state index in [0.717, 1.165) is 48.2 Å².